The molecule has 0 heterocycles. The summed E-state index contributed by atoms with van der Waals surface area (Å²) < 4.78 is 14.8. The second-order valence-electron chi connectivity index (χ2n) is 5.39. The topological polar surface area (TPSA) is 12.0 Å². The van der Waals surface area contributed by atoms with Crippen molar-refractivity contribution in [3.63, 3.8) is 0 Å². The number of likely N-dealkylation sites (N-methyl/N-ethyl adjacent to an activating group) is 1. The number of hydrogen-bond donors (Lipinski definition) is 1. The fourth-order valence-electron chi connectivity index (χ4n) is 2.58. The molecular formula is C18H21BrFN. The van der Waals surface area contributed by atoms with Crippen molar-refractivity contribution in [2.24, 2.45) is 0 Å². The van der Waals surface area contributed by atoms with Gasteiger partial charge in [0.05, 0.1) is 0 Å². The molecule has 0 amide bonds. The van der Waals surface area contributed by atoms with E-state index < -0.39 is 0 Å². The van der Waals surface area contributed by atoms with E-state index in [1.165, 1.54) is 17.2 Å². The van der Waals surface area contributed by atoms with Gasteiger partial charge in [-0.05, 0) is 49.6 Å². The normalized spacial score (nSPS) is 12.4. The quantitative estimate of drug-likeness (QED) is 0.799. The van der Waals surface area contributed by atoms with Gasteiger partial charge >= 0.3 is 0 Å². The lowest BCUT2D eigenvalue weighted by molar-refractivity contribution is 0.505. The number of nitrogens with one attached hydrogen (secondary N) is 1. The Morgan fingerprint density at radius 1 is 1.14 bits per heavy atom. The van der Waals surface area contributed by atoms with Crippen molar-refractivity contribution >= 4 is 15.9 Å². The minimum Gasteiger partial charge on any atom is -0.314 e. The Morgan fingerprint density at radius 2 is 1.95 bits per heavy atom. The monoisotopic (exact) mass is 349 g/mol. The second kappa shape index (κ2) is 7.71. The third kappa shape index (κ3) is 4.94. The Labute approximate surface area is 134 Å². The summed E-state index contributed by atoms with van der Waals surface area (Å²) in [5, 5.41) is 3.46. The van der Waals surface area contributed by atoms with Crippen LogP contribution >= 0.6 is 15.9 Å². The number of halogens is 2. The largest absolute Gasteiger partial charge is 0.314 e. The maximum Gasteiger partial charge on any atom is 0.127 e. The Hall–Kier alpha value is -1.19. The number of aryl methyl sites for hydroxylation is 1. The average molecular weight is 350 g/mol. The molecule has 0 aliphatic heterocycles. The standard InChI is InChI=1S/C18H21BrFN/c1-3-21-17(10-14-6-4-5-13(2)9-14)11-15-7-8-16(19)12-18(15)20/h4-9,12,17,21H,3,10-11H2,1-2H3. The molecule has 0 fully saturated rings. The minimum atomic E-state index is -0.142. The maximum atomic E-state index is 14.0. The molecule has 21 heavy (non-hydrogen) atoms. The van der Waals surface area contributed by atoms with Crippen molar-refractivity contribution in [3.8, 4) is 0 Å². The van der Waals surface area contributed by atoms with Gasteiger partial charge < -0.3 is 5.32 Å². The van der Waals surface area contributed by atoms with Crippen LogP contribution in [0.1, 0.15) is 23.6 Å². The second-order valence-corrected chi connectivity index (χ2v) is 6.30. The summed E-state index contributed by atoms with van der Waals surface area (Å²) in [5.41, 5.74) is 3.31. The molecule has 0 spiro atoms. The first-order valence-electron chi connectivity index (χ1n) is 7.31. The van der Waals surface area contributed by atoms with Crippen LogP contribution < -0.4 is 5.32 Å². The molecule has 0 saturated heterocycles. The number of rotatable bonds is 6. The number of benzene rings is 2. The summed E-state index contributed by atoms with van der Waals surface area (Å²) in [7, 11) is 0. The van der Waals surface area contributed by atoms with Crippen LogP contribution in [0, 0.1) is 12.7 Å². The summed E-state index contributed by atoms with van der Waals surface area (Å²) in [6.07, 6.45) is 1.60. The lowest BCUT2D eigenvalue weighted by Crippen LogP contribution is -2.33. The van der Waals surface area contributed by atoms with E-state index in [0.29, 0.717) is 6.42 Å². The minimum absolute atomic E-state index is 0.142. The predicted molar refractivity (Wildman–Crippen MR) is 90.2 cm³/mol. The van der Waals surface area contributed by atoms with Crippen LogP contribution in [0.2, 0.25) is 0 Å². The Kier molecular flexibility index (Phi) is 5.95. The zero-order valence-electron chi connectivity index (χ0n) is 12.5. The molecule has 0 radical (unpaired) electrons. The summed E-state index contributed by atoms with van der Waals surface area (Å²) in [5.74, 6) is -0.142. The first-order chi connectivity index (χ1) is 10.1. The van der Waals surface area contributed by atoms with Gasteiger partial charge in [0.2, 0.25) is 0 Å². The van der Waals surface area contributed by atoms with Crippen molar-refractivity contribution in [1.29, 1.82) is 0 Å². The van der Waals surface area contributed by atoms with Gasteiger partial charge in [-0.3, -0.25) is 0 Å². The molecule has 2 aromatic rings. The highest BCUT2D eigenvalue weighted by molar-refractivity contribution is 9.10. The highest BCUT2D eigenvalue weighted by atomic mass is 79.9. The Balaban J connectivity index is 2.11. The highest BCUT2D eigenvalue weighted by Crippen LogP contribution is 2.18. The fraction of sp³-hybridized carbons (Fsp3) is 0.333. The smallest absolute Gasteiger partial charge is 0.127 e. The van der Waals surface area contributed by atoms with Crippen molar-refractivity contribution in [3.05, 3.63) is 69.4 Å². The zero-order chi connectivity index (χ0) is 15.2. The Bertz CT molecular complexity index is 598. The third-order valence-electron chi connectivity index (χ3n) is 3.54. The Morgan fingerprint density at radius 3 is 2.62 bits per heavy atom. The molecule has 1 atom stereocenters. The highest BCUT2D eigenvalue weighted by Gasteiger charge is 2.12. The van der Waals surface area contributed by atoms with Gasteiger partial charge in [-0.15, -0.1) is 0 Å². The lowest BCUT2D eigenvalue weighted by Gasteiger charge is -2.19. The van der Waals surface area contributed by atoms with Crippen LogP contribution in [0.4, 0.5) is 4.39 Å². The van der Waals surface area contributed by atoms with E-state index in [0.717, 1.165) is 23.0 Å². The number of hydrogen-bond acceptors (Lipinski definition) is 1. The first-order valence-corrected chi connectivity index (χ1v) is 8.10. The van der Waals surface area contributed by atoms with Gasteiger partial charge in [0.25, 0.3) is 0 Å². The zero-order valence-corrected chi connectivity index (χ0v) is 14.1. The van der Waals surface area contributed by atoms with E-state index in [1.807, 2.05) is 12.1 Å². The molecule has 0 aliphatic carbocycles. The molecule has 0 aromatic heterocycles. The molecule has 1 nitrogen and oxygen atoms in total. The van der Waals surface area contributed by atoms with Gasteiger partial charge in [-0.2, -0.15) is 0 Å². The van der Waals surface area contributed by atoms with E-state index in [-0.39, 0.29) is 11.9 Å². The van der Waals surface area contributed by atoms with Crippen molar-refractivity contribution in [2.45, 2.75) is 32.7 Å². The van der Waals surface area contributed by atoms with Crippen molar-refractivity contribution in [2.75, 3.05) is 6.54 Å². The summed E-state index contributed by atoms with van der Waals surface area (Å²) in [6, 6.07) is 14.0. The van der Waals surface area contributed by atoms with Crippen LogP contribution in [-0.2, 0) is 12.8 Å². The fourth-order valence-corrected chi connectivity index (χ4v) is 2.91. The van der Waals surface area contributed by atoms with Crippen LogP contribution in [0.25, 0.3) is 0 Å². The van der Waals surface area contributed by atoms with Gasteiger partial charge in [0.1, 0.15) is 5.82 Å². The molecule has 3 heteroatoms. The van der Waals surface area contributed by atoms with E-state index in [1.54, 1.807) is 0 Å². The summed E-state index contributed by atoms with van der Waals surface area (Å²) in [4.78, 5) is 0. The van der Waals surface area contributed by atoms with E-state index in [2.05, 4.69) is 59.4 Å². The van der Waals surface area contributed by atoms with Crippen LogP contribution in [0.3, 0.4) is 0 Å². The van der Waals surface area contributed by atoms with Crippen LogP contribution in [0.5, 0.6) is 0 Å². The van der Waals surface area contributed by atoms with Gasteiger partial charge in [-0.1, -0.05) is 58.7 Å². The molecule has 1 N–H and O–H groups in total. The average Bonchev–Trinajstić information content (AvgIpc) is 2.42. The van der Waals surface area contributed by atoms with E-state index in [9.17, 15) is 4.39 Å². The van der Waals surface area contributed by atoms with Crippen molar-refractivity contribution < 1.29 is 4.39 Å². The molecule has 0 bridgehead atoms. The molecule has 112 valence electrons. The molecule has 0 saturated carbocycles. The third-order valence-corrected chi connectivity index (χ3v) is 4.03. The molecule has 2 aromatic carbocycles. The predicted octanol–water partition coefficient (Wildman–Crippen LogP) is 4.66. The van der Waals surface area contributed by atoms with E-state index >= 15 is 0 Å². The van der Waals surface area contributed by atoms with E-state index in [4.69, 9.17) is 0 Å². The summed E-state index contributed by atoms with van der Waals surface area (Å²) in [6.45, 7) is 5.07. The lowest BCUT2D eigenvalue weighted by atomic mass is 9.97. The SMILES string of the molecule is CCNC(Cc1cccc(C)c1)Cc1ccc(Br)cc1F. The summed E-state index contributed by atoms with van der Waals surface area (Å²) >= 11 is 3.30. The van der Waals surface area contributed by atoms with Crippen molar-refractivity contribution in [1.82, 2.24) is 5.32 Å². The van der Waals surface area contributed by atoms with Crippen LogP contribution in [0.15, 0.2) is 46.9 Å². The van der Waals surface area contributed by atoms with Crippen LogP contribution in [-0.4, -0.2) is 12.6 Å². The molecule has 1 unspecified atom stereocenters. The molecule has 0 aliphatic rings. The maximum absolute atomic E-state index is 14.0. The van der Waals surface area contributed by atoms with Gasteiger partial charge in [0.15, 0.2) is 0 Å². The molecule has 2 rings (SSSR count). The van der Waals surface area contributed by atoms with Gasteiger partial charge in [0, 0.05) is 10.5 Å². The first kappa shape index (κ1) is 16.2. The molecular weight excluding hydrogens is 329 g/mol. The van der Waals surface area contributed by atoms with Gasteiger partial charge in [-0.25, -0.2) is 4.39 Å².